The molecule has 0 saturated heterocycles. The summed E-state index contributed by atoms with van der Waals surface area (Å²) in [4.78, 5) is 16.7. The number of nitrogens with zero attached hydrogens (tertiary/aromatic N) is 4. The highest BCUT2D eigenvalue weighted by molar-refractivity contribution is 7.92. The van der Waals surface area contributed by atoms with E-state index in [1.54, 1.807) is 50.9 Å². The van der Waals surface area contributed by atoms with E-state index in [1.165, 1.54) is 18.6 Å². The number of sulfonamides is 1. The lowest BCUT2D eigenvalue weighted by atomic mass is 9.99. The summed E-state index contributed by atoms with van der Waals surface area (Å²) in [5.41, 5.74) is 3.15. The minimum Gasteiger partial charge on any atom is -0.496 e. The first-order valence-electron chi connectivity index (χ1n) is 10.9. The number of anilines is 1. The maximum absolute atomic E-state index is 12.9. The zero-order valence-corrected chi connectivity index (χ0v) is 20.2. The van der Waals surface area contributed by atoms with Crippen molar-refractivity contribution < 1.29 is 17.9 Å². The van der Waals surface area contributed by atoms with Gasteiger partial charge in [-0.05, 0) is 59.5 Å². The standard InChI is InChI=1S/C26H21N5O4S/c1-34-23-15-17(21-4-3-11-29-26(21)35-2)5-7-22(23)25-20-8-6-19(14-18(20)9-13-28-25)36(32,33)31-24-10-12-27-16-30-24/h3-16H,1-2H3,(H,27,30,31). The Balaban J connectivity index is 1.56. The first kappa shape index (κ1) is 23.2. The van der Waals surface area contributed by atoms with E-state index < -0.39 is 10.0 Å². The van der Waals surface area contributed by atoms with Crippen LogP contribution in [0.1, 0.15) is 0 Å². The second kappa shape index (κ2) is 9.59. The van der Waals surface area contributed by atoms with Crippen LogP contribution in [0.5, 0.6) is 11.6 Å². The van der Waals surface area contributed by atoms with Gasteiger partial charge in [-0.25, -0.2) is 23.4 Å². The van der Waals surface area contributed by atoms with E-state index in [0.29, 0.717) is 22.7 Å². The summed E-state index contributed by atoms with van der Waals surface area (Å²) in [6.45, 7) is 0. The van der Waals surface area contributed by atoms with Crippen LogP contribution >= 0.6 is 0 Å². The Kier molecular flexibility index (Phi) is 6.17. The molecule has 0 aliphatic rings. The molecule has 0 bridgehead atoms. The van der Waals surface area contributed by atoms with Crippen molar-refractivity contribution in [1.29, 1.82) is 0 Å². The molecule has 5 aromatic rings. The molecular weight excluding hydrogens is 478 g/mol. The van der Waals surface area contributed by atoms with Crippen LogP contribution in [0.15, 0.2) is 90.5 Å². The molecule has 36 heavy (non-hydrogen) atoms. The first-order valence-corrected chi connectivity index (χ1v) is 12.3. The van der Waals surface area contributed by atoms with Crippen molar-refractivity contribution in [3.63, 3.8) is 0 Å². The van der Waals surface area contributed by atoms with Crippen LogP contribution in [0, 0.1) is 0 Å². The third kappa shape index (κ3) is 4.41. The molecule has 3 heterocycles. The van der Waals surface area contributed by atoms with Crippen molar-refractivity contribution in [2.24, 2.45) is 0 Å². The molecule has 0 radical (unpaired) electrons. The van der Waals surface area contributed by atoms with Crippen molar-refractivity contribution in [3.8, 4) is 34.0 Å². The Hall–Kier alpha value is -4.57. The molecule has 0 amide bonds. The Labute approximate surface area is 207 Å². The van der Waals surface area contributed by atoms with Gasteiger partial charge in [0.15, 0.2) is 0 Å². The number of rotatable bonds is 7. The van der Waals surface area contributed by atoms with E-state index in [2.05, 4.69) is 24.7 Å². The number of ether oxygens (including phenoxy) is 2. The average molecular weight is 500 g/mol. The summed E-state index contributed by atoms with van der Waals surface area (Å²) in [6.07, 6.45) is 6.06. The largest absolute Gasteiger partial charge is 0.496 e. The highest BCUT2D eigenvalue weighted by atomic mass is 32.2. The van der Waals surface area contributed by atoms with Crippen LogP contribution in [0.25, 0.3) is 33.2 Å². The zero-order chi connectivity index (χ0) is 25.1. The molecule has 10 heteroatoms. The molecule has 1 N–H and O–H groups in total. The Morgan fingerprint density at radius 2 is 1.69 bits per heavy atom. The molecule has 0 unspecified atom stereocenters. The number of fused-ring (bicyclic) bond motifs is 1. The lowest BCUT2D eigenvalue weighted by Crippen LogP contribution is -2.13. The van der Waals surface area contributed by atoms with Crippen LogP contribution in [0.4, 0.5) is 5.82 Å². The van der Waals surface area contributed by atoms with Gasteiger partial charge in [0, 0.05) is 35.1 Å². The molecule has 0 spiro atoms. The summed E-state index contributed by atoms with van der Waals surface area (Å²) in [7, 11) is -0.668. The maximum Gasteiger partial charge on any atom is 0.263 e. The predicted molar refractivity (Wildman–Crippen MR) is 136 cm³/mol. The van der Waals surface area contributed by atoms with Gasteiger partial charge in [0.1, 0.15) is 17.9 Å². The van der Waals surface area contributed by atoms with Gasteiger partial charge in [-0.15, -0.1) is 0 Å². The van der Waals surface area contributed by atoms with Crippen LogP contribution in [-0.4, -0.2) is 42.6 Å². The number of nitrogens with one attached hydrogen (secondary N) is 1. The smallest absolute Gasteiger partial charge is 0.263 e. The van der Waals surface area contributed by atoms with Crippen LogP contribution < -0.4 is 14.2 Å². The molecule has 0 fully saturated rings. The maximum atomic E-state index is 12.9. The minimum absolute atomic E-state index is 0.108. The van der Waals surface area contributed by atoms with E-state index in [4.69, 9.17) is 9.47 Å². The highest BCUT2D eigenvalue weighted by Gasteiger charge is 2.18. The van der Waals surface area contributed by atoms with Gasteiger partial charge in [0.05, 0.1) is 24.8 Å². The quantitative estimate of drug-likeness (QED) is 0.346. The van der Waals surface area contributed by atoms with Crippen molar-refractivity contribution in [2.45, 2.75) is 4.90 Å². The second-order valence-electron chi connectivity index (χ2n) is 7.72. The van der Waals surface area contributed by atoms with E-state index in [9.17, 15) is 8.42 Å². The molecule has 0 aliphatic carbocycles. The molecular formula is C26H21N5O4S. The minimum atomic E-state index is -3.84. The van der Waals surface area contributed by atoms with Gasteiger partial charge in [-0.1, -0.05) is 12.1 Å². The number of pyridine rings is 2. The van der Waals surface area contributed by atoms with Crippen molar-refractivity contribution in [3.05, 3.63) is 85.6 Å². The molecule has 9 nitrogen and oxygen atoms in total. The highest BCUT2D eigenvalue weighted by Crippen LogP contribution is 2.38. The Morgan fingerprint density at radius 1 is 0.806 bits per heavy atom. The molecule has 5 rings (SSSR count). The van der Waals surface area contributed by atoms with Crippen molar-refractivity contribution in [1.82, 2.24) is 19.9 Å². The third-order valence-electron chi connectivity index (χ3n) is 5.60. The number of benzene rings is 2. The summed E-state index contributed by atoms with van der Waals surface area (Å²) in [5.74, 6) is 1.32. The Bertz CT molecular complexity index is 1660. The molecule has 3 aromatic heterocycles. The number of hydrogen-bond acceptors (Lipinski definition) is 8. The monoisotopic (exact) mass is 499 g/mol. The van der Waals surface area contributed by atoms with Gasteiger partial charge in [-0.2, -0.15) is 0 Å². The average Bonchev–Trinajstić information content (AvgIpc) is 2.92. The fourth-order valence-electron chi connectivity index (χ4n) is 3.91. The summed E-state index contributed by atoms with van der Waals surface area (Å²) < 4.78 is 39.4. The van der Waals surface area contributed by atoms with Gasteiger partial charge in [-0.3, -0.25) is 9.71 Å². The predicted octanol–water partition coefficient (Wildman–Crippen LogP) is 4.57. The number of hydrogen-bond donors (Lipinski definition) is 1. The Morgan fingerprint density at radius 3 is 2.47 bits per heavy atom. The fraction of sp³-hybridized carbons (Fsp3) is 0.0769. The SMILES string of the molecule is COc1cc(-c2cccnc2OC)ccc1-c1nccc2cc(S(=O)(=O)Nc3ccncn3)ccc12. The number of methoxy groups -OCH3 is 2. The van der Waals surface area contributed by atoms with Gasteiger partial charge >= 0.3 is 0 Å². The van der Waals surface area contributed by atoms with E-state index in [-0.39, 0.29) is 10.7 Å². The topological polar surface area (TPSA) is 116 Å². The van der Waals surface area contributed by atoms with Gasteiger partial charge in [0.25, 0.3) is 10.0 Å². The summed E-state index contributed by atoms with van der Waals surface area (Å²) in [6, 6.07) is 17.7. The van der Waals surface area contributed by atoms with Gasteiger partial charge in [0.2, 0.25) is 5.88 Å². The first-order chi connectivity index (χ1) is 17.5. The van der Waals surface area contributed by atoms with Crippen molar-refractivity contribution >= 4 is 26.6 Å². The summed E-state index contributed by atoms with van der Waals surface area (Å²) in [5, 5.41) is 1.49. The third-order valence-corrected chi connectivity index (χ3v) is 6.95. The van der Waals surface area contributed by atoms with Crippen LogP contribution in [0.3, 0.4) is 0 Å². The van der Waals surface area contributed by atoms with Gasteiger partial charge < -0.3 is 9.47 Å². The molecule has 0 aliphatic heterocycles. The van der Waals surface area contributed by atoms with Crippen LogP contribution in [0.2, 0.25) is 0 Å². The molecule has 0 atom stereocenters. The lowest BCUT2D eigenvalue weighted by Gasteiger charge is -2.14. The zero-order valence-electron chi connectivity index (χ0n) is 19.4. The molecule has 2 aromatic carbocycles. The van der Waals surface area contributed by atoms with Crippen LogP contribution in [-0.2, 0) is 10.0 Å². The van der Waals surface area contributed by atoms with E-state index >= 15 is 0 Å². The molecule has 180 valence electrons. The van der Waals surface area contributed by atoms with E-state index in [0.717, 1.165) is 22.1 Å². The second-order valence-corrected chi connectivity index (χ2v) is 9.40. The molecule has 0 saturated carbocycles. The van der Waals surface area contributed by atoms with Crippen molar-refractivity contribution in [2.75, 3.05) is 18.9 Å². The normalized spacial score (nSPS) is 11.3. The fourth-order valence-corrected chi connectivity index (χ4v) is 4.96. The van der Waals surface area contributed by atoms with E-state index in [1.807, 2.05) is 30.3 Å². The lowest BCUT2D eigenvalue weighted by molar-refractivity contribution is 0.399. The summed E-state index contributed by atoms with van der Waals surface area (Å²) >= 11 is 0. The number of aromatic nitrogens is 4.